The molecule has 0 atom stereocenters. The van der Waals surface area contributed by atoms with Crippen molar-refractivity contribution in [1.29, 1.82) is 0 Å². The van der Waals surface area contributed by atoms with Crippen molar-refractivity contribution >= 4 is 22.3 Å². The number of azo groups is 1. The SMILES string of the molecule is O=[N+]([O-])c1ccc(N=NCc2c[nH]c3ccccc23)cc1. The van der Waals surface area contributed by atoms with E-state index in [2.05, 4.69) is 15.2 Å². The Hall–Kier alpha value is -3.02. The van der Waals surface area contributed by atoms with Crippen LogP contribution in [0, 0.1) is 10.1 Å². The van der Waals surface area contributed by atoms with Crippen LogP contribution in [0.3, 0.4) is 0 Å². The van der Waals surface area contributed by atoms with E-state index in [-0.39, 0.29) is 5.69 Å². The van der Waals surface area contributed by atoms with Gasteiger partial charge in [-0.05, 0) is 18.2 Å². The summed E-state index contributed by atoms with van der Waals surface area (Å²) in [5.41, 5.74) is 2.78. The van der Waals surface area contributed by atoms with E-state index < -0.39 is 4.92 Å². The second-order valence-corrected chi connectivity index (χ2v) is 4.53. The summed E-state index contributed by atoms with van der Waals surface area (Å²) in [6, 6.07) is 14.0. The smallest absolute Gasteiger partial charge is 0.269 e. The summed E-state index contributed by atoms with van der Waals surface area (Å²) in [7, 11) is 0. The van der Waals surface area contributed by atoms with E-state index in [1.165, 1.54) is 12.1 Å². The Morgan fingerprint density at radius 2 is 1.86 bits per heavy atom. The zero-order valence-corrected chi connectivity index (χ0v) is 11.1. The third-order valence-corrected chi connectivity index (χ3v) is 3.16. The molecule has 1 aromatic heterocycles. The number of nitro benzene ring substituents is 1. The number of nitrogens with zero attached hydrogens (tertiary/aromatic N) is 3. The average Bonchev–Trinajstić information content (AvgIpc) is 2.91. The zero-order chi connectivity index (χ0) is 14.7. The first-order valence-corrected chi connectivity index (χ1v) is 6.41. The number of nitro groups is 1. The van der Waals surface area contributed by atoms with Crippen molar-refractivity contribution < 1.29 is 4.92 Å². The van der Waals surface area contributed by atoms with Gasteiger partial charge in [0.1, 0.15) is 0 Å². The molecule has 6 heteroatoms. The van der Waals surface area contributed by atoms with Gasteiger partial charge in [-0.1, -0.05) is 18.2 Å². The van der Waals surface area contributed by atoms with E-state index in [0.717, 1.165) is 16.5 Å². The van der Waals surface area contributed by atoms with E-state index >= 15 is 0 Å². The van der Waals surface area contributed by atoms with Crippen LogP contribution < -0.4 is 0 Å². The fraction of sp³-hybridized carbons (Fsp3) is 0.0667. The summed E-state index contributed by atoms with van der Waals surface area (Å²) in [5, 5.41) is 19.9. The van der Waals surface area contributed by atoms with Gasteiger partial charge in [0.25, 0.3) is 5.69 Å². The van der Waals surface area contributed by atoms with Gasteiger partial charge in [0, 0.05) is 34.8 Å². The minimum Gasteiger partial charge on any atom is -0.361 e. The van der Waals surface area contributed by atoms with Crippen LogP contribution in [-0.4, -0.2) is 9.91 Å². The second kappa shape index (κ2) is 5.54. The van der Waals surface area contributed by atoms with Crippen molar-refractivity contribution in [2.45, 2.75) is 6.54 Å². The summed E-state index contributed by atoms with van der Waals surface area (Å²) in [4.78, 5) is 13.3. The number of benzene rings is 2. The van der Waals surface area contributed by atoms with Crippen LogP contribution in [0.15, 0.2) is 65.0 Å². The lowest BCUT2D eigenvalue weighted by atomic mass is 10.2. The van der Waals surface area contributed by atoms with Gasteiger partial charge in [-0.15, -0.1) is 0 Å². The van der Waals surface area contributed by atoms with Gasteiger partial charge < -0.3 is 4.98 Å². The quantitative estimate of drug-likeness (QED) is 0.437. The van der Waals surface area contributed by atoms with Crippen LogP contribution in [0.4, 0.5) is 11.4 Å². The monoisotopic (exact) mass is 280 g/mol. The molecular formula is C15H12N4O2. The molecule has 1 N–H and O–H groups in total. The fourth-order valence-corrected chi connectivity index (χ4v) is 2.10. The molecule has 1 heterocycles. The van der Waals surface area contributed by atoms with E-state index in [1.807, 2.05) is 30.5 Å². The zero-order valence-electron chi connectivity index (χ0n) is 11.1. The first-order chi connectivity index (χ1) is 10.2. The Morgan fingerprint density at radius 1 is 1.10 bits per heavy atom. The van der Waals surface area contributed by atoms with Crippen LogP contribution in [0.5, 0.6) is 0 Å². The largest absolute Gasteiger partial charge is 0.361 e. The highest BCUT2D eigenvalue weighted by Gasteiger charge is 2.04. The predicted molar refractivity (Wildman–Crippen MR) is 79.6 cm³/mol. The number of aromatic amines is 1. The summed E-state index contributed by atoms with van der Waals surface area (Å²) in [5.74, 6) is 0. The Balaban J connectivity index is 1.73. The van der Waals surface area contributed by atoms with Gasteiger partial charge in [-0.25, -0.2) is 0 Å². The maximum absolute atomic E-state index is 10.6. The Kier molecular flexibility index (Phi) is 3.42. The van der Waals surface area contributed by atoms with Crippen LogP contribution in [0.2, 0.25) is 0 Å². The van der Waals surface area contributed by atoms with Crippen molar-refractivity contribution in [3.05, 3.63) is 70.4 Å². The van der Waals surface area contributed by atoms with Crippen LogP contribution >= 0.6 is 0 Å². The first kappa shape index (κ1) is 13.0. The minimum atomic E-state index is -0.438. The topological polar surface area (TPSA) is 83.7 Å². The standard InChI is InChI=1S/C15H12N4O2/c20-19(21)13-7-5-12(6-8-13)18-17-10-11-9-16-15-4-2-1-3-14(11)15/h1-9,16H,10H2. The van der Waals surface area contributed by atoms with E-state index in [4.69, 9.17) is 0 Å². The van der Waals surface area contributed by atoms with Gasteiger partial charge in [-0.2, -0.15) is 10.2 Å². The molecule has 0 saturated heterocycles. The summed E-state index contributed by atoms with van der Waals surface area (Å²) >= 11 is 0. The molecule has 6 nitrogen and oxygen atoms in total. The average molecular weight is 280 g/mol. The number of rotatable bonds is 4. The third kappa shape index (κ3) is 2.79. The lowest BCUT2D eigenvalue weighted by molar-refractivity contribution is -0.384. The number of nitrogens with one attached hydrogen (secondary N) is 1. The Bertz CT molecular complexity index is 806. The molecule has 0 bridgehead atoms. The highest BCUT2D eigenvalue weighted by atomic mass is 16.6. The number of hydrogen-bond acceptors (Lipinski definition) is 4. The number of aromatic nitrogens is 1. The molecule has 21 heavy (non-hydrogen) atoms. The van der Waals surface area contributed by atoms with Crippen molar-refractivity contribution in [1.82, 2.24) is 4.98 Å². The number of H-pyrrole nitrogens is 1. The van der Waals surface area contributed by atoms with Crippen molar-refractivity contribution in [2.24, 2.45) is 10.2 Å². The first-order valence-electron chi connectivity index (χ1n) is 6.41. The van der Waals surface area contributed by atoms with E-state index in [9.17, 15) is 10.1 Å². The molecule has 0 radical (unpaired) electrons. The molecule has 2 aromatic carbocycles. The molecule has 3 rings (SSSR count). The molecule has 0 aliphatic carbocycles. The van der Waals surface area contributed by atoms with E-state index in [1.54, 1.807) is 12.1 Å². The lowest BCUT2D eigenvalue weighted by Crippen LogP contribution is -1.85. The maximum atomic E-state index is 10.6. The minimum absolute atomic E-state index is 0.0468. The predicted octanol–water partition coefficient (Wildman–Crippen LogP) is 4.36. The van der Waals surface area contributed by atoms with Crippen molar-refractivity contribution in [3.8, 4) is 0 Å². The molecule has 0 aliphatic rings. The van der Waals surface area contributed by atoms with Crippen LogP contribution in [-0.2, 0) is 6.54 Å². The molecule has 0 spiro atoms. The second-order valence-electron chi connectivity index (χ2n) is 4.53. The van der Waals surface area contributed by atoms with Crippen LogP contribution in [0.1, 0.15) is 5.56 Å². The van der Waals surface area contributed by atoms with E-state index in [0.29, 0.717) is 12.2 Å². The van der Waals surface area contributed by atoms with Crippen LogP contribution in [0.25, 0.3) is 10.9 Å². The normalized spacial score (nSPS) is 11.2. The number of non-ortho nitro benzene ring substituents is 1. The van der Waals surface area contributed by atoms with Gasteiger partial charge >= 0.3 is 0 Å². The molecule has 0 aliphatic heterocycles. The molecule has 3 aromatic rings. The summed E-state index contributed by atoms with van der Waals surface area (Å²) in [6.07, 6.45) is 1.92. The summed E-state index contributed by atoms with van der Waals surface area (Å²) in [6.45, 7) is 0.459. The van der Waals surface area contributed by atoms with Gasteiger partial charge in [-0.3, -0.25) is 10.1 Å². The van der Waals surface area contributed by atoms with Gasteiger partial charge in [0.05, 0.1) is 17.2 Å². The fourth-order valence-electron chi connectivity index (χ4n) is 2.10. The molecule has 0 unspecified atom stereocenters. The number of fused-ring (bicyclic) bond motifs is 1. The molecule has 104 valence electrons. The highest BCUT2D eigenvalue weighted by molar-refractivity contribution is 5.82. The lowest BCUT2D eigenvalue weighted by Gasteiger charge is -1.94. The van der Waals surface area contributed by atoms with Crippen molar-refractivity contribution in [2.75, 3.05) is 0 Å². The molecule has 0 amide bonds. The highest BCUT2D eigenvalue weighted by Crippen LogP contribution is 2.21. The molecule has 0 fully saturated rings. The summed E-state index contributed by atoms with van der Waals surface area (Å²) < 4.78 is 0. The van der Waals surface area contributed by atoms with Gasteiger partial charge in [0.2, 0.25) is 0 Å². The van der Waals surface area contributed by atoms with Crippen molar-refractivity contribution in [3.63, 3.8) is 0 Å². The Labute approximate surface area is 120 Å². The molecular weight excluding hydrogens is 268 g/mol. The number of para-hydroxylation sites is 1. The third-order valence-electron chi connectivity index (χ3n) is 3.16. The Morgan fingerprint density at radius 3 is 2.62 bits per heavy atom. The maximum Gasteiger partial charge on any atom is 0.269 e. The number of hydrogen-bond donors (Lipinski definition) is 1. The molecule has 0 saturated carbocycles. The van der Waals surface area contributed by atoms with Gasteiger partial charge in [0.15, 0.2) is 0 Å².